The summed E-state index contributed by atoms with van der Waals surface area (Å²) in [4.78, 5) is 0. The lowest BCUT2D eigenvalue weighted by Crippen LogP contribution is -2.41. The molecular weight excluding hydrogens is 298 g/mol. The van der Waals surface area contributed by atoms with Crippen LogP contribution in [0.4, 0.5) is 0 Å². The van der Waals surface area contributed by atoms with Crippen molar-refractivity contribution in [2.45, 2.75) is 30.6 Å². The first-order chi connectivity index (χ1) is 9.48. The number of hydrogen-bond donors (Lipinski definition) is 1. The van der Waals surface area contributed by atoms with E-state index in [9.17, 15) is 8.42 Å². The quantitative estimate of drug-likeness (QED) is 0.818. The second kappa shape index (κ2) is 6.78. The molecule has 2 atom stereocenters. The third kappa shape index (κ3) is 4.11. The molecule has 4 nitrogen and oxygen atoms in total. The predicted molar refractivity (Wildman–Crippen MR) is 81.2 cm³/mol. The van der Waals surface area contributed by atoms with Gasteiger partial charge in [-0.05, 0) is 25.0 Å². The summed E-state index contributed by atoms with van der Waals surface area (Å²) in [7, 11) is -2.97. The topological polar surface area (TPSA) is 55.4 Å². The summed E-state index contributed by atoms with van der Waals surface area (Å²) < 4.78 is 28.9. The van der Waals surface area contributed by atoms with Crippen LogP contribution in [0, 0.1) is 0 Å². The Hall–Kier alpha value is -0.780. The molecule has 1 aliphatic rings. The summed E-state index contributed by atoms with van der Waals surface area (Å²) in [5.41, 5.74) is 0. The summed E-state index contributed by atoms with van der Waals surface area (Å²) in [6.07, 6.45) is 3.93. The SMILES string of the molecule is CS(=O)(=O)C1CCCC1NCCOc1ccccc1Cl. The van der Waals surface area contributed by atoms with E-state index in [4.69, 9.17) is 16.3 Å². The van der Waals surface area contributed by atoms with Crippen LogP contribution in [0.25, 0.3) is 0 Å². The number of hydrogen-bond acceptors (Lipinski definition) is 4. The third-order valence-electron chi connectivity index (χ3n) is 3.61. The van der Waals surface area contributed by atoms with E-state index in [0.29, 0.717) is 23.9 Å². The van der Waals surface area contributed by atoms with E-state index in [0.717, 1.165) is 19.3 Å². The summed E-state index contributed by atoms with van der Waals surface area (Å²) in [5, 5.41) is 3.60. The zero-order valence-corrected chi connectivity index (χ0v) is 13.1. The first-order valence-corrected chi connectivity index (χ1v) is 9.11. The molecule has 6 heteroatoms. The number of ether oxygens (including phenoxy) is 1. The molecule has 0 heterocycles. The Morgan fingerprint density at radius 1 is 1.35 bits per heavy atom. The Balaban J connectivity index is 1.78. The highest BCUT2D eigenvalue weighted by molar-refractivity contribution is 7.91. The van der Waals surface area contributed by atoms with Crippen molar-refractivity contribution in [3.8, 4) is 5.75 Å². The van der Waals surface area contributed by atoms with Crippen molar-refractivity contribution in [2.24, 2.45) is 0 Å². The Kier molecular flexibility index (Phi) is 5.29. The molecule has 20 heavy (non-hydrogen) atoms. The van der Waals surface area contributed by atoms with E-state index < -0.39 is 9.84 Å². The van der Waals surface area contributed by atoms with Crippen LogP contribution < -0.4 is 10.1 Å². The van der Waals surface area contributed by atoms with Gasteiger partial charge in [0.1, 0.15) is 12.4 Å². The fourth-order valence-corrected chi connectivity index (χ4v) is 4.25. The van der Waals surface area contributed by atoms with Crippen LogP contribution in [0.15, 0.2) is 24.3 Å². The lowest BCUT2D eigenvalue weighted by molar-refractivity contribution is 0.305. The number of benzene rings is 1. The van der Waals surface area contributed by atoms with Gasteiger partial charge < -0.3 is 10.1 Å². The highest BCUT2D eigenvalue weighted by Crippen LogP contribution is 2.25. The van der Waals surface area contributed by atoms with Gasteiger partial charge in [-0.15, -0.1) is 0 Å². The smallest absolute Gasteiger partial charge is 0.151 e. The third-order valence-corrected chi connectivity index (χ3v) is 5.58. The Morgan fingerprint density at radius 3 is 2.80 bits per heavy atom. The monoisotopic (exact) mass is 317 g/mol. The van der Waals surface area contributed by atoms with Crippen LogP contribution in [0.3, 0.4) is 0 Å². The highest BCUT2D eigenvalue weighted by Gasteiger charge is 2.34. The minimum absolute atomic E-state index is 0.0415. The minimum atomic E-state index is -2.97. The van der Waals surface area contributed by atoms with E-state index in [1.807, 2.05) is 18.2 Å². The van der Waals surface area contributed by atoms with Gasteiger partial charge in [0.25, 0.3) is 0 Å². The fourth-order valence-electron chi connectivity index (χ4n) is 2.64. The molecule has 1 fully saturated rings. The first-order valence-electron chi connectivity index (χ1n) is 6.78. The van der Waals surface area contributed by atoms with Gasteiger partial charge in [0.05, 0.1) is 10.3 Å². The predicted octanol–water partition coefficient (Wildman–Crippen LogP) is 2.27. The first kappa shape index (κ1) is 15.6. The van der Waals surface area contributed by atoms with Gasteiger partial charge in [-0.3, -0.25) is 0 Å². The lowest BCUT2D eigenvalue weighted by atomic mass is 10.2. The van der Waals surface area contributed by atoms with Crippen LogP contribution in [-0.2, 0) is 9.84 Å². The van der Waals surface area contributed by atoms with E-state index in [1.54, 1.807) is 6.07 Å². The van der Waals surface area contributed by atoms with E-state index >= 15 is 0 Å². The van der Waals surface area contributed by atoms with Crippen molar-refractivity contribution in [2.75, 3.05) is 19.4 Å². The van der Waals surface area contributed by atoms with Crippen LogP contribution in [0.2, 0.25) is 5.02 Å². The molecule has 0 aliphatic heterocycles. The van der Waals surface area contributed by atoms with Crippen molar-refractivity contribution in [1.82, 2.24) is 5.32 Å². The Bertz CT molecular complexity index is 547. The van der Waals surface area contributed by atoms with Gasteiger partial charge in [-0.25, -0.2) is 8.42 Å². The molecule has 112 valence electrons. The second-order valence-electron chi connectivity index (χ2n) is 5.14. The number of halogens is 1. The van der Waals surface area contributed by atoms with E-state index in [2.05, 4.69) is 5.32 Å². The van der Waals surface area contributed by atoms with Gasteiger partial charge in [-0.2, -0.15) is 0 Å². The maximum atomic E-state index is 11.7. The molecule has 2 unspecified atom stereocenters. The number of nitrogens with one attached hydrogen (secondary N) is 1. The van der Waals surface area contributed by atoms with Crippen LogP contribution >= 0.6 is 11.6 Å². The Morgan fingerprint density at radius 2 is 2.10 bits per heavy atom. The van der Waals surface area contributed by atoms with Crippen molar-refractivity contribution in [1.29, 1.82) is 0 Å². The van der Waals surface area contributed by atoms with Gasteiger partial charge in [0.2, 0.25) is 0 Å². The average molecular weight is 318 g/mol. The fraction of sp³-hybridized carbons (Fsp3) is 0.571. The zero-order chi connectivity index (χ0) is 14.6. The zero-order valence-electron chi connectivity index (χ0n) is 11.5. The minimum Gasteiger partial charge on any atom is -0.491 e. The van der Waals surface area contributed by atoms with Crippen molar-refractivity contribution in [3.63, 3.8) is 0 Å². The van der Waals surface area contributed by atoms with Crippen LogP contribution in [0.1, 0.15) is 19.3 Å². The molecule has 0 radical (unpaired) electrons. The normalized spacial score (nSPS) is 22.9. The van der Waals surface area contributed by atoms with E-state index in [1.165, 1.54) is 6.26 Å². The standard InChI is InChI=1S/C14H20ClNO3S/c1-20(17,18)14-8-4-6-12(14)16-9-10-19-13-7-3-2-5-11(13)15/h2-3,5,7,12,14,16H,4,6,8-10H2,1H3. The van der Waals surface area contributed by atoms with Crippen molar-refractivity contribution in [3.05, 3.63) is 29.3 Å². The number of rotatable bonds is 6. The largest absolute Gasteiger partial charge is 0.491 e. The maximum absolute atomic E-state index is 11.7. The number of sulfone groups is 1. The Labute approximate surface area is 125 Å². The van der Waals surface area contributed by atoms with Gasteiger partial charge in [-0.1, -0.05) is 30.2 Å². The summed E-state index contributed by atoms with van der Waals surface area (Å²) in [5.74, 6) is 0.655. The summed E-state index contributed by atoms with van der Waals surface area (Å²) in [6.45, 7) is 1.08. The molecule has 1 saturated carbocycles. The molecule has 1 aromatic carbocycles. The molecule has 2 rings (SSSR count). The molecule has 1 N–H and O–H groups in total. The molecule has 1 aromatic rings. The highest BCUT2D eigenvalue weighted by atomic mass is 35.5. The molecule has 0 spiro atoms. The molecular formula is C14H20ClNO3S. The average Bonchev–Trinajstić information content (AvgIpc) is 2.85. The van der Waals surface area contributed by atoms with Gasteiger partial charge in [0.15, 0.2) is 9.84 Å². The molecule has 0 aromatic heterocycles. The number of para-hydroxylation sites is 1. The lowest BCUT2D eigenvalue weighted by Gasteiger charge is -2.19. The van der Waals surface area contributed by atoms with Crippen molar-refractivity contribution < 1.29 is 13.2 Å². The second-order valence-corrected chi connectivity index (χ2v) is 7.81. The molecule has 1 aliphatic carbocycles. The summed E-state index contributed by atoms with van der Waals surface area (Å²) in [6, 6.07) is 7.35. The summed E-state index contributed by atoms with van der Waals surface area (Å²) >= 11 is 5.99. The van der Waals surface area contributed by atoms with Crippen LogP contribution in [0.5, 0.6) is 5.75 Å². The van der Waals surface area contributed by atoms with Crippen LogP contribution in [-0.4, -0.2) is 39.1 Å². The molecule has 0 amide bonds. The van der Waals surface area contributed by atoms with Gasteiger partial charge >= 0.3 is 0 Å². The van der Waals surface area contributed by atoms with Gasteiger partial charge in [0, 0.05) is 18.8 Å². The molecule has 0 saturated heterocycles. The van der Waals surface area contributed by atoms with E-state index in [-0.39, 0.29) is 11.3 Å². The van der Waals surface area contributed by atoms with Crippen molar-refractivity contribution >= 4 is 21.4 Å². The maximum Gasteiger partial charge on any atom is 0.151 e. The molecule has 0 bridgehead atoms.